The fourth-order valence-corrected chi connectivity index (χ4v) is 4.83. The summed E-state index contributed by atoms with van der Waals surface area (Å²) < 4.78 is 25.2. The Morgan fingerprint density at radius 2 is 2.22 bits per heavy atom. The second-order valence-corrected chi connectivity index (χ2v) is 8.72. The lowest BCUT2D eigenvalue weighted by Crippen LogP contribution is -2.55. The molecule has 3 aliphatic rings. The van der Waals surface area contributed by atoms with Crippen LogP contribution >= 0.6 is 0 Å². The van der Waals surface area contributed by atoms with Crippen molar-refractivity contribution < 1.29 is 23.7 Å². The molecular weight excluding hydrogens is 348 g/mol. The van der Waals surface area contributed by atoms with E-state index >= 15 is 0 Å². The van der Waals surface area contributed by atoms with Gasteiger partial charge in [0.05, 0.1) is 18.6 Å². The number of ether oxygens (including phenoxy) is 4. The van der Waals surface area contributed by atoms with Gasteiger partial charge in [-0.2, -0.15) is 0 Å². The predicted octanol–water partition coefficient (Wildman–Crippen LogP) is 3.02. The zero-order valence-corrected chi connectivity index (χ0v) is 16.6. The molecule has 0 N–H and O–H groups in total. The van der Waals surface area contributed by atoms with Crippen molar-refractivity contribution in [3.8, 4) is 0 Å². The van der Waals surface area contributed by atoms with Crippen molar-refractivity contribution in [2.45, 2.75) is 76.0 Å². The maximum Gasteiger partial charge on any atom is 0.419 e. The molecule has 1 aromatic rings. The van der Waals surface area contributed by atoms with Crippen LogP contribution in [0.1, 0.15) is 46.5 Å². The predicted molar refractivity (Wildman–Crippen MR) is 97.4 cm³/mol. The van der Waals surface area contributed by atoms with Gasteiger partial charge < -0.3 is 18.9 Å². The summed E-state index contributed by atoms with van der Waals surface area (Å²) in [5.74, 6) is 0.708. The van der Waals surface area contributed by atoms with E-state index in [1.54, 1.807) is 19.5 Å². The van der Waals surface area contributed by atoms with E-state index in [0.717, 1.165) is 32.3 Å². The number of hydrogen-bond donors (Lipinski definition) is 0. The number of nitrogens with zero attached hydrogens (tertiary/aromatic N) is 2. The first-order chi connectivity index (χ1) is 12.9. The van der Waals surface area contributed by atoms with Crippen molar-refractivity contribution in [2.75, 3.05) is 13.7 Å². The van der Waals surface area contributed by atoms with Crippen molar-refractivity contribution in [1.29, 1.82) is 0 Å². The first-order valence-corrected chi connectivity index (χ1v) is 9.93. The maximum atomic E-state index is 12.4. The average molecular weight is 378 g/mol. The Labute approximate surface area is 160 Å². The quantitative estimate of drug-likeness (QED) is 0.708. The molecule has 2 aliphatic heterocycles. The van der Waals surface area contributed by atoms with Crippen LogP contribution in [0.2, 0.25) is 0 Å². The molecule has 7 nitrogen and oxygen atoms in total. The maximum absolute atomic E-state index is 12.4. The molecule has 7 heteroatoms. The van der Waals surface area contributed by atoms with Gasteiger partial charge in [0.25, 0.3) is 0 Å². The lowest BCUT2D eigenvalue weighted by molar-refractivity contribution is -0.118. The molecule has 27 heavy (non-hydrogen) atoms. The number of carbonyl (C=O) groups is 1. The molecule has 1 saturated carbocycles. The molecule has 1 aliphatic carbocycles. The minimum atomic E-state index is -0.427. The highest BCUT2D eigenvalue weighted by molar-refractivity contribution is 5.70. The number of methoxy groups -OCH3 is 1. The zero-order chi connectivity index (χ0) is 19.2. The van der Waals surface area contributed by atoms with Crippen molar-refractivity contribution >= 4 is 6.09 Å². The van der Waals surface area contributed by atoms with Gasteiger partial charge in [-0.3, -0.25) is 0 Å². The Morgan fingerprint density at radius 3 is 2.81 bits per heavy atom. The standard InChI is InChI=1S/C20H30N2O5/c1-13(2)5-6-15-19(3,27-15)17-16(24-4)14(7-8-20(17)11-25-20)26-18(23)22-10-9-21-12-22/h9-10,12-17H,5-8,11H2,1-4H3/t14-,15-,16-,17-,19+,20+/m1/s1. The summed E-state index contributed by atoms with van der Waals surface area (Å²) in [5, 5.41) is 0. The van der Waals surface area contributed by atoms with Gasteiger partial charge in [0, 0.05) is 19.5 Å². The van der Waals surface area contributed by atoms with Gasteiger partial charge in [-0.1, -0.05) is 13.8 Å². The van der Waals surface area contributed by atoms with Crippen LogP contribution in [-0.2, 0) is 18.9 Å². The minimum Gasteiger partial charge on any atom is -0.443 e. The number of carbonyl (C=O) groups excluding carboxylic acids is 1. The van der Waals surface area contributed by atoms with Crippen LogP contribution in [0, 0.1) is 11.8 Å². The fraction of sp³-hybridized carbons (Fsp3) is 0.800. The Balaban J connectivity index is 1.50. The molecule has 150 valence electrons. The average Bonchev–Trinajstić information content (AvgIpc) is 3.46. The van der Waals surface area contributed by atoms with E-state index in [-0.39, 0.29) is 35.4 Å². The molecule has 0 amide bonds. The fourth-order valence-electron chi connectivity index (χ4n) is 4.83. The Hall–Kier alpha value is -1.44. The summed E-state index contributed by atoms with van der Waals surface area (Å²) in [6.07, 6.45) is 7.57. The van der Waals surface area contributed by atoms with Gasteiger partial charge >= 0.3 is 6.09 Å². The third-order valence-corrected chi connectivity index (χ3v) is 6.47. The molecule has 4 rings (SSSR count). The number of hydrogen-bond acceptors (Lipinski definition) is 6. The summed E-state index contributed by atoms with van der Waals surface area (Å²) in [5.41, 5.74) is -0.480. The molecule has 1 spiro atoms. The highest BCUT2D eigenvalue weighted by Gasteiger charge is 2.72. The van der Waals surface area contributed by atoms with E-state index in [9.17, 15) is 4.79 Å². The molecule has 0 aromatic carbocycles. The van der Waals surface area contributed by atoms with Crippen LogP contribution in [-0.4, -0.2) is 58.9 Å². The second-order valence-electron chi connectivity index (χ2n) is 8.72. The van der Waals surface area contributed by atoms with Crippen LogP contribution < -0.4 is 0 Å². The van der Waals surface area contributed by atoms with Gasteiger partial charge in [-0.25, -0.2) is 14.3 Å². The molecular formula is C20H30N2O5. The third kappa shape index (κ3) is 3.41. The van der Waals surface area contributed by atoms with Gasteiger partial charge in [0.15, 0.2) is 0 Å². The smallest absolute Gasteiger partial charge is 0.419 e. The number of imidazole rings is 1. The van der Waals surface area contributed by atoms with Gasteiger partial charge in [-0.15, -0.1) is 0 Å². The van der Waals surface area contributed by atoms with Crippen molar-refractivity contribution in [3.05, 3.63) is 18.7 Å². The lowest BCUT2D eigenvalue weighted by Gasteiger charge is -2.42. The molecule has 2 saturated heterocycles. The van der Waals surface area contributed by atoms with E-state index < -0.39 is 6.09 Å². The lowest BCUT2D eigenvalue weighted by atomic mass is 9.68. The monoisotopic (exact) mass is 378 g/mol. The SMILES string of the molecule is CO[C@@H]1[C@H](OC(=O)n2ccnc2)CC[C@]2(CO2)[C@H]1[C@@]1(C)O[C@@H]1CCC(C)C. The Kier molecular flexibility index (Phi) is 4.81. The number of epoxide rings is 2. The second kappa shape index (κ2) is 6.87. The normalized spacial score (nSPS) is 40.3. The van der Waals surface area contributed by atoms with Crippen molar-refractivity contribution in [2.24, 2.45) is 11.8 Å². The topological polar surface area (TPSA) is 78.4 Å². The highest BCUT2D eigenvalue weighted by Crippen LogP contribution is 2.59. The van der Waals surface area contributed by atoms with Gasteiger partial charge in [-0.05, 0) is 38.5 Å². The van der Waals surface area contributed by atoms with E-state index in [1.165, 1.54) is 10.9 Å². The van der Waals surface area contributed by atoms with Crippen LogP contribution in [0.5, 0.6) is 0 Å². The van der Waals surface area contributed by atoms with Crippen molar-refractivity contribution in [1.82, 2.24) is 9.55 Å². The molecule has 6 atom stereocenters. The molecule has 1 aromatic heterocycles. The van der Waals surface area contributed by atoms with Crippen LogP contribution in [0.15, 0.2) is 18.7 Å². The summed E-state index contributed by atoms with van der Waals surface area (Å²) in [6, 6.07) is 0. The number of aromatic nitrogens is 2. The van der Waals surface area contributed by atoms with E-state index in [2.05, 4.69) is 25.8 Å². The van der Waals surface area contributed by atoms with Crippen LogP contribution in [0.3, 0.4) is 0 Å². The zero-order valence-electron chi connectivity index (χ0n) is 16.6. The molecule has 0 unspecified atom stereocenters. The Bertz CT molecular complexity index is 672. The first-order valence-electron chi connectivity index (χ1n) is 9.93. The summed E-state index contributed by atoms with van der Waals surface area (Å²) >= 11 is 0. The van der Waals surface area contributed by atoms with Gasteiger partial charge in [0.2, 0.25) is 0 Å². The van der Waals surface area contributed by atoms with Crippen LogP contribution in [0.4, 0.5) is 4.79 Å². The summed E-state index contributed by atoms with van der Waals surface area (Å²) in [4.78, 5) is 16.3. The minimum absolute atomic E-state index is 0.0569. The van der Waals surface area contributed by atoms with E-state index in [0.29, 0.717) is 5.92 Å². The first kappa shape index (κ1) is 18.9. The number of rotatable bonds is 6. The highest BCUT2D eigenvalue weighted by atomic mass is 16.6. The largest absolute Gasteiger partial charge is 0.443 e. The summed E-state index contributed by atoms with van der Waals surface area (Å²) in [7, 11) is 1.69. The summed E-state index contributed by atoms with van der Waals surface area (Å²) in [6.45, 7) is 7.36. The van der Waals surface area contributed by atoms with Gasteiger partial charge in [0.1, 0.15) is 29.7 Å². The molecule has 3 heterocycles. The third-order valence-electron chi connectivity index (χ3n) is 6.47. The molecule has 0 bridgehead atoms. The van der Waals surface area contributed by atoms with Crippen LogP contribution in [0.25, 0.3) is 0 Å². The Morgan fingerprint density at radius 1 is 1.44 bits per heavy atom. The van der Waals surface area contributed by atoms with Crippen molar-refractivity contribution in [3.63, 3.8) is 0 Å². The molecule has 3 fully saturated rings. The van der Waals surface area contributed by atoms with E-state index in [1.807, 2.05) is 0 Å². The molecule has 0 radical (unpaired) electrons. The van der Waals surface area contributed by atoms with E-state index in [4.69, 9.17) is 18.9 Å².